The molecule has 2 aliphatic rings. The molecule has 304 valence electrons. The van der Waals surface area contributed by atoms with Crippen molar-refractivity contribution >= 4 is 78.9 Å². The number of hydrogen-bond donors (Lipinski definition) is 0. The van der Waals surface area contributed by atoms with Gasteiger partial charge < -0.3 is 8.83 Å². The molecule has 0 bridgehead atoms. The van der Waals surface area contributed by atoms with E-state index in [1.54, 1.807) is 6.07 Å². The summed E-state index contributed by atoms with van der Waals surface area (Å²) in [7, 11) is -2.36. The molecule has 0 N–H and O–H groups in total. The van der Waals surface area contributed by atoms with E-state index in [-0.39, 0.29) is 5.82 Å². The molecule has 0 amide bonds. The highest BCUT2D eigenvalue weighted by atomic mass is 28.3. The molecule has 64 heavy (non-hydrogen) atoms. The van der Waals surface area contributed by atoms with E-state index < -0.39 is 20.1 Å². The van der Waals surface area contributed by atoms with Crippen molar-refractivity contribution < 1.29 is 25.1 Å². The fourth-order valence-electron chi connectivity index (χ4n) is 11.1. The molecule has 0 fully saturated rings. The summed E-state index contributed by atoms with van der Waals surface area (Å²) in [5.41, 5.74) is 9.66. The van der Waals surface area contributed by atoms with Gasteiger partial charge in [-0.1, -0.05) is 135 Å². The zero-order valence-electron chi connectivity index (χ0n) is 37.3. The molecule has 1 spiro atoms. The number of fused-ring (bicyclic) bond motifs is 20. The van der Waals surface area contributed by atoms with Crippen LogP contribution in [0.4, 0.5) is 4.39 Å². The first-order valence-corrected chi connectivity index (χ1v) is 25.4. The third kappa shape index (κ3) is 4.56. The normalized spacial score (nSPS) is 16.0. The van der Waals surface area contributed by atoms with Gasteiger partial charge in [0.25, 0.3) is 0 Å². The zero-order valence-corrected chi connectivity index (χ0v) is 36.3. The molecule has 8 aromatic carbocycles. The topological polar surface area (TPSA) is 39.0 Å². The Morgan fingerprint density at radius 2 is 1.33 bits per heavy atom. The predicted molar refractivity (Wildman–Crippen MR) is 257 cm³/mol. The molecule has 2 aliphatic heterocycles. The Labute approximate surface area is 371 Å². The fraction of sp³-hybridized carbons (Fsp3) is 0.0877. The van der Waals surface area contributed by atoms with Crippen molar-refractivity contribution in [3.63, 3.8) is 0 Å². The van der Waals surface area contributed by atoms with Crippen LogP contribution in [0, 0.1) is 5.82 Å². The lowest BCUT2D eigenvalue weighted by molar-refractivity contribution is -0.944. The number of benzene rings is 8. The summed E-state index contributed by atoms with van der Waals surface area (Å²) < 4.78 is 58.4. The highest BCUT2D eigenvalue weighted by Gasteiger charge is 2.67. The maximum absolute atomic E-state index is 17.7. The van der Waals surface area contributed by atoms with Gasteiger partial charge in [0, 0.05) is 30.2 Å². The van der Waals surface area contributed by atoms with E-state index in [0.717, 1.165) is 88.4 Å². The van der Waals surface area contributed by atoms with Gasteiger partial charge in [0.15, 0.2) is 34.1 Å². The van der Waals surface area contributed by atoms with Gasteiger partial charge in [-0.15, -0.1) is 9.13 Å². The van der Waals surface area contributed by atoms with E-state index in [1.807, 2.05) is 78.9 Å². The Balaban J connectivity index is 1.23. The van der Waals surface area contributed by atoms with Gasteiger partial charge in [-0.2, -0.15) is 4.57 Å². The first kappa shape index (κ1) is 33.9. The van der Waals surface area contributed by atoms with E-state index in [4.69, 9.17) is 8.83 Å². The average Bonchev–Trinajstić information content (AvgIpc) is 4.12. The largest absolute Gasteiger partial charge is 0.455 e. The average molecular weight is 848 g/mol. The summed E-state index contributed by atoms with van der Waals surface area (Å²) in [6, 6.07) is 56.9. The fourth-order valence-corrected chi connectivity index (χ4v) is 12.6. The van der Waals surface area contributed by atoms with Crippen LogP contribution in [0.25, 0.3) is 94.0 Å². The van der Waals surface area contributed by atoms with Crippen molar-refractivity contribution in [2.24, 2.45) is 0 Å². The van der Waals surface area contributed by atoms with Gasteiger partial charge in [-0.25, -0.2) is 4.39 Å². The Morgan fingerprint density at radius 3 is 2.14 bits per heavy atom. The predicted octanol–water partition coefficient (Wildman–Crippen LogP) is 12.7. The Kier molecular flexibility index (Phi) is 6.64. The van der Waals surface area contributed by atoms with Crippen molar-refractivity contribution in [1.29, 1.82) is 0 Å². The number of para-hydroxylation sites is 3. The monoisotopic (exact) mass is 847 g/mol. The summed E-state index contributed by atoms with van der Waals surface area (Å²) in [6.07, 6.45) is 0.407. The first-order chi connectivity index (χ1) is 32.0. The molecule has 5 nitrogen and oxygen atoms in total. The SMILES string of the molecule is [2H]C([2H])(c1ccccc1)c1cc2[n+](cc1[Si](C)(C)C)C1(c3ccccc3-2)c2cc(F)c3c(oc4ccccc43)c2-c2n(-c3cccc4c3oc3ccccc34)c3cc4ccccc4cc3[n+]21. The van der Waals surface area contributed by atoms with Crippen molar-refractivity contribution in [2.45, 2.75) is 31.7 Å². The maximum atomic E-state index is 17.7. The summed E-state index contributed by atoms with van der Waals surface area (Å²) in [4.78, 5) is 0. The van der Waals surface area contributed by atoms with Gasteiger partial charge in [-0.3, -0.25) is 0 Å². The van der Waals surface area contributed by atoms with Crippen LogP contribution in [-0.2, 0) is 12.0 Å². The minimum absolute atomic E-state index is 0.367. The van der Waals surface area contributed by atoms with Crippen LogP contribution in [0.3, 0.4) is 0 Å². The molecule has 4 aromatic heterocycles. The van der Waals surface area contributed by atoms with Gasteiger partial charge >= 0.3 is 11.5 Å². The summed E-state index contributed by atoms with van der Waals surface area (Å²) in [5.74, 6) is 0.453. The first-order valence-electron chi connectivity index (χ1n) is 22.9. The lowest BCUT2D eigenvalue weighted by Gasteiger charge is -2.24. The number of hydrogen-bond acceptors (Lipinski definition) is 2. The molecule has 1 unspecified atom stereocenters. The molecular formula is C57H40FN3O2Si+2. The van der Waals surface area contributed by atoms with Crippen LogP contribution in [0.5, 0.6) is 0 Å². The lowest BCUT2D eigenvalue weighted by Crippen LogP contribution is -2.72. The van der Waals surface area contributed by atoms with E-state index in [1.165, 1.54) is 0 Å². The molecular weight excluding hydrogens is 806 g/mol. The summed E-state index contributed by atoms with van der Waals surface area (Å²) in [5, 5.41) is 6.29. The van der Waals surface area contributed by atoms with Crippen LogP contribution < -0.4 is 14.3 Å². The molecule has 7 heteroatoms. The van der Waals surface area contributed by atoms with Crippen molar-refractivity contribution in [3.8, 4) is 28.3 Å². The smallest absolute Gasteiger partial charge is 0.365 e. The van der Waals surface area contributed by atoms with Gasteiger partial charge in [0.1, 0.15) is 22.5 Å². The van der Waals surface area contributed by atoms with E-state index >= 15 is 4.39 Å². The second-order valence-corrected chi connectivity index (χ2v) is 23.4. The number of halogens is 1. The highest BCUT2D eigenvalue weighted by Crippen LogP contribution is 2.53. The van der Waals surface area contributed by atoms with E-state index in [9.17, 15) is 2.74 Å². The maximum Gasteiger partial charge on any atom is 0.365 e. The third-order valence-corrected chi connectivity index (χ3v) is 15.8. The second kappa shape index (κ2) is 12.5. The quantitative estimate of drug-likeness (QED) is 0.131. The molecule has 14 rings (SSSR count). The number of aromatic nitrogens is 3. The zero-order chi connectivity index (χ0) is 44.4. The third-order valence-electron chi connectivity index (χ3n) is 13.8. The van der Waals surface area contributed by atoms with E-state index in [0.29, 0.717) is 33.1 Å². The lowest BCUT2D eigenvalue weighted by atomic mass is 9.88. The minimum Gasteiger partial charge on any atom is -0.455 e. The number of furan rings is 2. The van der Waals surface area contributed by atoms with Crippen LogP contribution in [0.2, 0.25) is 19.6 Å². The Bertz CT molecular complexity index is 4110. The Morgan fingerprint density at radius 1 is 0.656 bits per heavy atom. The molecule has 1 atom stereocenters. The summed E-state index contributed by atoms with van der Waals surface area (Å²) in [6.45, 7) is 6.83. The van der Waals surface area contributed by atoms with Gasteiger partial charge in [-0.05, 0) is 76.8 Å². The molecule has 6 heterocycles. The van der Waals surface area contributed by atoms with Crippen molar-refractivity contribution in [2.75, 3.05) is 0 Å². The Hall–Kier alpha value is -7.61. The minimum atomic E-state index is -2.36. The van der Waals surface area contributed by atoms with Crippen molar-refractivity contribution in [3.05, 3.63) is 204 Å². The second-order valence-electron chi connectivity index (χ2n) is 18.3. The number of nitrogens with zero attached hydrogens (tertiary/aromatic N) is 3. The molecule has 0 aliphatic carbocycles. The van der Waals surface area contributed by atoms with Gasteiger partial charge in [0.2, 0.25) is 5.69 Å². The molecule has 0 radical (unpaired) electrons. The number of imidazole rings is 1. The van der Waals surface area contributed by atoms with E-state index in [2.05, 4.69) is 124 Å². The standard InChI is InChI=1S/C57H40FN3O2Si/c1-64(2,3)51-33-59-46(31-37(51)28-34-16-5-4-6-17-34)40-21-9-12-24-42(40)57(59)43-32-44(58)52-41-22-11-14-27-50(41)63-55(52)53(43)56-60(47-29-35-18-7-8-19-36(35)30-48(47)61(56)57)45-25-15-23-39-38-20-10-13-26-49(38)62-54(39)45/h4-27,29-33H,28H2,1-3H3/q+2/i28D2. The molecule has 0 saturated carbocycles. The number of rotatable bonds is 4. The van der Waals surface area contributed by atoms with Crippen LogP contribution >= 0.6 is 0 Å². The summed E-state index contributed by atoms with van der Waals surface area (Å²) >= 11 is 0. The molecule has 12 aromatic rings. The highest BCUT2D eigenvalue weighted by molar-refractivity contribution is 6.89. The van der Waals surface area contributed by atoms with Crippen LogP contribution in [0.1, 0.15) is 25.0 Å². The van der Waals surface area contributed by atoms with Crippen LogP contribution in [0.15, 0.2) is 185 Å². The van der Waals surface area contributed by atoms with Crippen LogP contribution in [-0.4, -0.2) is 12.6 Å². The van der Waals surface area contributed by atoms with Gasteiger partial charge in [0.05, 0.1) is 30.2 Å². The van der Waals surface area contributed by atoms with Crippen molar-refractivity contribution in [1.82, 2.24) is 4.57 Å². The molecule has 0 saturated heterocycles. The number of pyridine rings is 1.